The first kappa shape index (κ1) is 11.0. The average molecular weight is 216 g/mol. The average Bonchev–Trinajstić information content (AvgIpc) is 2.42. The predicted octanol–water partition coefficient (Wildman–Crippen LogP) is 1.69. The molecule has 1 aromatic rings. The summed E-state index contributed by atoms with van der Waals surface area (Å²) in [4.78, 5) is 11.3. The Balaban J connectivity index is 2.48. The lowest BCUT2D eigenvalue weighted by Crippen LogP contribution is -2.11. The molecule has 0 bridgehead atoms. The maximum atomic E-state index is 11.3. The van der Waals surface area contributed by atoms with Crippen molar-refractivity contribution in [3.8, 4) is 0 Å². The lowest BCUT2D eigenvalue weighted by atomic mass is 10.3. The van der Waals surface area contributed by atoms with Crippen molar-refractivity contribution in [3.05, 3.63) is 11.8 Å². The van der Waals surface area contributed by atoms with E-state index in [4.69, 9.17) is 11.6 Å². The van der Waals surface area contributed by atoms with Gasteiger partial charge in [-0.1, -0.05) is 0 Å². The van der Waals surface area contributed by atoms with Crippen LogP contribution < -0.4 is 5.32 Å². The molecule has 0 aromatic carbocycles. The molecule has 0 unspecified atom stereocenters. The standard InChI is InChI=1S/C9H14ClN3O/c1-7-6-8(12-13(7)2)11-9(14)4-3-5-10/h6H,3-5H2,1-2H3,(H,11,12,14). The topological polar surface area (TPSA) is 46.9 Å². The molecule has 1 rings (SSSR count). The van der Waals surface area contributed by atoms with Gasteiger partial charge < -0.3 is 5.32 Å². The molecule has 0 saturated carbocycles. The molecule has 1 aromatic heterocycles. The molecule has 0 radical (unpaired) electrons. The Morgan fingerprint density at radius 2 is 2.43 bits per heavy atom. The second kappa shape index (κ2) is 5.00. The molecule has 0 atom stereocenters. The second-order valence-electron chi connectivity index (χ2n) is 3.14. The predicted molar refractivity (Wildman–Crippen MR) is 56.5 cm³/mol. The summed E-state index contributed by atoms with van der Waals surface area (Å²) in [6.07, 6.45) is 1.14. The van der Waals surface area contributed by atoms with Crippen LogP contribution in [0.4, 0.5) is 5.82 Å². The summed E-state index contributed by atoms with van der Waals surface area (Å²) >= 11 is 5.48. The molecule has 5 heteroatoms. The van der Waals surface area contributed by atoms with Gasteiger partial charge in [-0.15, -0.1) is 11.6 Å². The zero-order valence-electron chi connectivity index (χ0n) is 8.38. The van der Waals surface area contributed by atoms with Crippen LogP contribution in [0, 0.1) is 6.92 Å². The highest BCUT2D eigenvalue weighted by Gasteiger charge is 2.05. The normalized spacial score (nSPS) is 10.2. The molecule has 0 saturated heterocycles. The second-order valence-corrected chi connectivity index (χ2v) is 3.51. The van der Waals surface area contributed by atoms with E-state index in [1.165, 1.54) is 0 Å². The third-order valence-electron chi connectivity index (χ3n) is 1.92. The Morgan fingerprint density at radius 3 is 2.93 bits per heavy atom. The summed E-state index contributed by atoms with van der Waals surface area (Å²) in [5.41, 5.74) is 1.01. The van der Waals surface area contributed by atoms with Crippen molar-refractivity contribution in [3.63, 3.8) is 0 Å². The number of hydrogen-bond donors (Lipinski definition) is 1. The number of carbonyl (C=O) groups is 1. The summed E-state index contributed by atoms with van der Waals surface area (Å²) in [6, 6.07) is 1.83. The Kier molecular flexibility index (Phi) is 3.95. The van der Waals surface area contributed by atoms with Crippen molar-refractivity contribution < 1.29 is 4.79 Å². The van der Waals surface area contributed by atoms with Gasteiger partial charge in [0.25, 0.3) is 0 Å². The molecule has 14 heavy (non-hydrogen) atoms. The van der Waals surface area contributed by atoms with Gasteiger partial charge in [0.1, 0.15) is 0 Å². The van der Waals surface area contributed by atoms with Crippen LogP contribution in [0.1, 0.15) is 18.5 Å². The number of halogens is 1. The fraction of sp³-hybridized carbons (Fsp3) is 0.556. The lowest BCUT2D eigenvalue weighted by molar-refractivity contribution is -0.116. The first-order valence-corrected chi connectivity index (χ1v) is 5.03. The largest absolute Gasteiger partial charge is 0.309 e. The molecular formula is C9H14ClN3O. The molecule has 0 aliphatic heterocycles. The maximum Gasteiger partial charge on any atom is 0.225 e. The van der Waals surface area contributed by atoms with Crippen LogP contribution in [-0.2, 0) is 11.8 Å². The number of hydrogen-bond acceptors (Lipinski definition) is 2. The molecule has 0 spiro atoms. The van der Waals surface area contributed by atoms with Crippen molar-refractivity contribution in [2.75, 3.05) is 11.2 Å². The van der Waals surface area contributed by atoms with E-state index in [0.29, 0.717) is 24.5 Å². The molecule has 0 fully saturated rings. The van der Waals surface area contributed by atoms with Crippen LogP contribution in [0.3, 0.4) is 0 Å². The van der Waals surface area contributed by atoms with E-state index in [0.717, 1.165) is 5.69 Å². The Hall–Kier alpha value is -1.03. The molecule has 1 N–H and O–H groups in total. The van der Waals surface area contributed by atoms with Gasteiger partial charge in [-0.3, -0.25) is 9.48 Å². The molecule has 1 amide bonds. The van der Waals surface area contributed by atoms with Crippen LogP contribution in [0.2, 0.25) is 0 Å². The monoisotopic (exact) mass is 215 g/mol. The summed E-state index contributed by atoms with van der Waals surface area (Å²) < 4.78 is 1.72. The third kappa shape index (κ3) is 3.03. The minimum atomic E-state index is -0.0382. The van der Waals surface area contributed by atoms with Gasteiger partial charge in [-0.25, -0.2) is 0 Å². The van der Waals surface area contributed by atoms with E-state index in [2.05, 4.69) is 10.4 Å². The Labute approximate surface area is 88.2 Å². The zero-order valence-corrected chi connectivity index (χ0v) is 9.14. The number of aryl methyl sites for hydroxylation is 2. The highest BCUT2D eigenvalue weighted by Crippen LogP contribution is 2.07. The van der Waals surface area contributed by atoms with Gasteiger partial charge in [0.15, 0.2) is 5.82 Å². The van der Waals surface area contributed by atoms with Gasteiger partial charge in [0.2, 0.25) is 5.91 Å². The van der Waals surface area contributed by atoms with Crippen LogP contribution in [0.5, 0.6) is 0 Å². The van der Waals surface area contributed by atoms with Crippen molar-refractivity contribution >= 4 is 23.3 Å². The number of alkyl halides is 1. The van der Waals surface area contributed by atoms with Gasteiger partial charge >= 0.3 is 0 Å². The quantitative estimate of drug-likeness (QED) is 0.777. The minimum Gasteiger partial charge on any atom is -0.309 e. The SMILES string of the molecule is Cc1cc(NC(=O)CCCCl)nn1C. The number of carbonyl (C=O) groups excluding carboxylic acids is 1. The number of rotatable bonds is 4. The van der Waals surface area contributed by atoms with Gasteiger partial charge in [0, 0.05) is 31.1 Å². The van der Waals surface area contributed by atoms with E-state index in [9.17, 15) is 4.79 Å². The highest BCUT2D eigenvalue weighted by molar-refractivity contribution is 6.18. The summed E-state index contributed by atoms with van der Waals surface area (Å²) in [5.74, 6) is 1.07. The fourth-order valence-electron chi connectivity index (χ4n) is 1.05. The molecular weight excluding hydrogens is 202 g/mol. The van der Waals surface area contributed by atoms with E-state index in [1.54, 1.807) is 4.68 Å². The van der Waals surface area contributed by atoms with Crippen LogP contribution in [0.25, 0.3) is 0 Å². The van der Waals surface area contributed by atoms with Gasteiger partial charge in [0.05, 0.1) is 0 Å². The number of aromatic nitrogens is 2. The maximum absolute atomic E-state index is 11.3. The molecule has 0 aliphatic rings. The molecule has 0 aliphatic carbocycles. The van der Waals surface area contributed by atoms with E-state index in [1.807, 2.05) is 20.0 Å². The Bertz CT molecular complexity index is 302. The zero-order chi connectivity index (χ0) is 10.6. The lowest BCUT2D eigenvalue weighted by Gasteiger charge is -1.99. The van der Waals surface area contributed by atoms with Crippen LogP contribution in [-0.4, -0.2) is 21.6 Å². The van der Waals surface area contributed by atoms with Crippen molar-refractivity contribution in [1.82, 2.24) is 9.78 Å². The minimum absolute atomic E-state index is 0.0382. The summed E-state index contributed by atoms with van der Waals surface area (Å²) in [5, 5.41) is 6.82. The third-order valence-corrected chi connectivity index (χ3v) is 2.19. The van der Waals surface area contributed by atoms with Crippen LogP contribution in [0.15, 0.2) is 6.07 Å². The number of amides is 1. The van der Waals surface area contributed by atoms with Crippen LogP contribution >= 0.6 is 11.6 Å². The highest BCUT2D eigenvalue weighted by atomic mass is 35.5. The fourth-order valence-corrected chi connectivity index (χ4v) is 1.19. The number of nitrogens with one attached hydrogen (secondary N) is 1. The summed E-state index contributed by atoms with van der Waals surface area (Å²) in [7, 11) is 1.84. The van der Waals surface area contributed by atoms with E-state index in [-0.39, 0.29) is 5.91 Å². The number of anilines is 1. The van der Waals surface area contributed by atoms with Crippen molar-refractivity contribution in [2.24, 2.45) is 7.05 Å². The first-order chi connectivity index (χ1) is 6.63. The molecule has 4 nitrogen and oxygen atoms in total. The molecule has 1 heterocycles. The van der Waals surface area contributed by atoms with Gasteiger partial charge in [-0.2, -0.15) is 5.10 Å². The van der Waals surface area contributed by atoms with E-state index >= 15 is 0 Å². The van der Waals surface area contributed by atoms with Gasteiger partial charge in [-0.05, 0) is 13.3 Å². The molecule has 78 valence electrons. The number of nitrogens with zero attached hydrogens (tertiary/aromatic N) is 2. The Morgan fingerprint density at radius 1 is 1.71 bits per heavy atom. The van der Waals surface area contributed by atoms with E-state index < -0.39 is 0 Å². The first-order valence-electron chi connectivity index (χ1n) is 4.50. The van der Waals surface area contributed by atoms with Crippen molar-refractivity contribution in [2.45, 2.75) is 19.8 Å². The van der Waals surface area contributed by atoms with Crippen molar-refractivity contribution in [1.29, 1.82) is 0 Å². The summed E-state index contributed by atoms with van der Waals surface area (Å²) in [6.45, 7) is 1.93. The smallest absolute Gasteiger partial charge is 0.225 e.